The Hall–Kier alpha value is -1.40. The average Bonchev–Trinajstić information content (AvgIpc) is 2.73. The average molecular weight is 372 g/mol. The van der Waals surface area contributed by atoms with Crippen molar-refractivity contribution >= 4 is 43.9 Å². The molecule has 0 unspecified atom stereocenters. The summed E-state index contributed by atoms with van der Waals surface area (Å²) in [6.45, 7) is 0. The van der Waals surface area contributed by atoms with Crippen LogP contribution in [-0.4, -0.2) is 20.9 Å². The summed E-state index contributed by atoms with van der Waals surface area (Å²) >= 11 is 6.69. The minimum atomic E-state index is -0.984. The minimum Gasteiger partial charge on any atom is -0.478 e. The molecule has 1 aromatic heterocycles. The summed E-state index contributed by atoms with van der Waals surface area (Å²) in [4.78, 5) is 10.6. The lowest BCUT2D eigenvalue weighted by molar-refractivity contribution is -0.131. The maximum atomic E-state index is 10.6. The molecule has 0 fully saturated rings. The van der Waals surface area contributed by atoms with E-state index in [9.17, 15) is 4.79 Å². The highest BCUT2D eigenvalue weighted by Crippen LogP contribution is 2.22. The third-order valence-corrected chi connectivity index (χ3v) is 3.10. The fraction of sp³-hybridized carbons (Fsp3) is 0. The molecule has 18 heavy (non-hydrogen) atoms. The zero-order chi connectivity index (χ0) is 13.1. The zero-order valence-electron chi connectivity index (χ0n) is 9.05. The molecule has 0 spiro atoms. The van der Waals surface area contributed by atoms with E-state index in [1.54, 1.807) is 17.1 Å². The first-order valence-corrected chi connectivity index (χ1v) is 6.56. The molecule has 0 aliphatic heterocycles. The lowest BCUT2D eigenvalue weighted by atomic mass is 10.1. The standard InChI is InChI=1S/C12H8Br2N2O2/c13-9-2-3-11(16-7-10(14)6-15-16)8(5-9)1-4-12(17)18/h1-7H,(H,17,18)/b4-1+. The number of aliphatic carboxylic acids is 1. The molecule has 1 heterocycles. The van der Waals surface area contributed by atoms with Gasteiger partial charge in [0.25, 0.3) is 0 Å². The van der Waals surface area contributed by atoms with Crippen molar-refractivity contribution in [2.75, 3.05) is 0 Å². The quantitative estimate of drug-likeness (QED) is 0.840. The highest BCUT2D eigenvalue weighted by molar-refractivity contribution is 9.10. The highest BCUT2D eigenvalue weighted by Gasteiger charge is 2.05. The largest absolute Gasteiger partial charge is 0.478 e. The molecule has 0 saturated carbocycles. The van der Waals surface area contributed by atoms with E-state index in [0.29, 0.717) is 0 Å². The lowest BCUT2D eigenvalue weighted by Crippen LogP contribution is -1.97. The number of hydrogen-bond donors (Lipinski definition) is 1. The topological polar surface area (TPSA) is 55.1 Å². The van der Waals surface area contributed by atoms with Gasteiger partial charge in [0.15, 0.2) is 0 Å². The summed E-state index contributed by atoms with van der Waals surface area (Å²) in [6, 6.07) is 5.58. The van der Waals surface area contributed by atoms with Gasteiger partial charge in [-0.1, -0.05) is 15.9 Å². The maximum absolute atomic E-state index is 10.6. The molecule has 0 bridgehead atoms. The van der Waals surface area contributed by atoms with Crippen LogP contribution >= 0.6 is 31.9 Å². The van der Waals surface area contributed by atoms with Gasteiger partial charge in [0.05, 0.1) is 16.4 Å². The molecule has 4 nitrogen and oxygen atoms in total. The van der Waals surface area contributed by atoms with Crippen LogP contribution in [0.4, 0.5) is 0 Å². The Morgan fingerprint density at radius 3 is 2.72 bits per heavy atom. The van der Waals surface area contributed by atoms with E-state index in [4.69, 9.17) is 5.11 Å². The number of carboxylic acids is 1. The summed E-state index contributed by atoms with van der Waals surface area (Å²) in [7, 11) is 0. The molecule has 2 rings (SSSR count). The van der Waals surface area contributed by atoms with Crippen molar-refractivity contribution in [3.8, 4) is 5.69 Å². The third kappa shape index (κ3) is 3.08. The first-order chi connectivity index (χ1) is 8.56. The van der Waals surface area contributed by atoms with Gasteiger partial charge in [-0.3, -0.25) is 0 Å². The highest BCUT2D eigenvalue weighted by atomic mass is 79.9. The van der Waals surface area contributed by atoms with E-state index < -0.39 is 5.97 Å². The normalized spacial score (nSPS) is 11.0. The monoisotopic (exact) mass is 370 g/mol. The Kier molecular flexibility index (Phi) is 3.98. The van der Waals surface area contributed by atoms with Gasteiger partial charge in [-0.2, -0.15) is 5.10 Å². The van der Waals surface area contributed by atoms with Crippen LogP contribution in [-0.2, 0) is 4.79 Å². The number of carbonyl (C=O) groups is 1. The van der Waals surface area contributed by atoms with E-state index in [1.807, 2.05) is 18.2 Å². The van der Waals surface area contributed by atoms with Gasteiger partial charge in [0, 0.05) is 22.3 Å². The lowest BCUT2D eigenvalue weighted by Gasteiger charge is -2.06. The second kappa shape index (κ2) is 5.49. The van der Waals surface area contributed by atoms with Crippen LogP contribution < -0.4 is 0 Å². The zero-order valence-corrected chi connectivity index (χ0v) is 12.2. The Bertz CT molecular complexity index is 620. The number of hydrogen-bond acceptors (Lipinski definition) is 2. The summed E-state index contributed by atoms with van der Waals surface area (Å²) in [5, 5.41) is 12.9. The molecule has 0 aliphatic rings. The maximum Gasteiger partial charge on any atom is 0.328 e. The summed E-state index contributed by atoms with van der Waals surface area (Å²) < 4.78 is 3.42. The van der Waals surface area contributed by atoms with Gasteiger partial charge in [0.2, 0.25) is 0 Å². The van der Waals surface area contributed by atoms with Crippen LogP contribution in [0.2, 0.25) is 0 Å². The molecular weight excluding hydrogens is 364 g/mol. The van der Waals surface area contributed by atoms with Gasteiger partial charge in [-0.15, -0.1) is 0 Å². The summed E-state index contributed by atoms with van der Waals surface area (Å²) in [6.07, 6.45) is 6.12. The third-order valence-electron chi connectivity index (χ3n) is 2.19. The second-order valence-corrected chi connectivity index (χ2v) is 5.31. The number of aromatic nitrogens is 2. The Morgan fingerprint density at radius 2 is 2.11 bits per heavy atom. The van der Waals surface area contributed by atoms with Gasteiger partial charge in [-0.05, 0) is 40.2 Å². The van der Waals surface area contributed by atoms with Crippen LogP contribution in [0.5, 0.6) is 0 Å². The van der Waals surface area contributed by atoms with Crippen molar-refractivity contribution < 1.29 is 9.90 Å². The first kappa shape index (κ1) is 13.0. The van der Waals surface area contributed by atoms with Crippen molar-refractivity contribution in [1.82, 2.24) is 9.78 Å². The molecule has 1 N–H and O–H groups in total. The Labute approximate surface area is 120 Å². The van der Waals surface area contributed by atoms with Gasteiger partial charge < -0.3 is 5.11 Å². The molecule has 0 amide bonds. The van der Waals surface area contributed by atoms with Crippen molar-refractivity contribution in [2.45, 2.75) is 0 Å². The smallest absolute Gasteiger partial charge is 0.328 e. The number of rotatable bonds is 3. The first-order valence-electron chi connectivity index (χ1n) is 4.97. The van der Waals surface area contributed by atoms with Crippen molar-refractivity contribution in [1.29, 1.82) is 0 Å². The van der Waals surface area contributed by atoms with Crippen LogP contribution in [0.1, 0.15) is 5.56 Å². The molecule has 1 aromatic carbocycles. The fourth-order valence-electron chi connectivity index (χ4n) is 1.46. The molecule has 0 radical (unpaired) electrons. The van der Waals surface area contributed by atoms with Crippen LogP contribution in [0.15, 0.2) is 45.6 Å². The van der Waals surface area contributed by atoms with Crippen LogP contribution in [0.25, 0.3) is 11.8 Å². The van der Waals surface area contributed by atoms with E-state index in [0.717, 1.165) is 26.3 Å². The van der Waals surface area contributed by atoms with Gasteiger partial charge in [0.1, 0.15) is 0 Å². The number of benzene rings is 1. The van der Waals surface area contributed by atoms with Crippen LogP contribution in [0.3, 0.4) is 0 Å². The SMILES string of the molecule is O=C(O)/C=C/c1cc(Br)ccc1-n1cc(Br)cn1. The molecule has 92 valence electrons. The van der Waals surface area contributed by atoms with Crippen molar-refractivity contribution in [3.63, 3.8) is 0 Å². The predicted octanol–water partition coefficient (Wildman–Crippen LogP) is 3.50. The summed E-state index contributed by atoms with van der Waals surface area (Å²) in [5.41, 5.74) is 1.57. The summed E-state index contributed by atoms with van der Waals surface area (Å²) in [5.74, 6) is -0.984. The molecule has 0 atom stereocenters. The van der Waals surface area contributed by atoms with Crippen LogP contribution in [0, 0.1) is 0 Å². The second-order valence-electron chi connectivity index (χ2n) is 3.48. The van der Waals surface area contributed by atoms with Gasteiger partial charge in [-0.25, -0.2) is 9.48 Å². The Morgan fingerprint density at radius 1 is 1.33 bits per heavy atom. The number of nitrogens with zero attached hydrogens (tertiary/aromatic N) is 2. The molecule has 0 aliphatic carbocycles. The number of carboxylic acid groups (broad SMARTS) is 1. The van der Waals surface area contributed by atoms with Crippen molar-refractivity contribution in [3.05, 3.63) is 51.2 Å². The fourth-order valence-corrected chi connectivity index (χ4v) is 2.13. The molecular formula is C12H8Br2N2O2. The van der Waals surface area contributed by atoms with E-state index in [1.165, 1.54) is 6.08 Å². The predicted molar refractivity (Wildman–Crippen MR) is 75.6 cm³/mol. The van der Waals surface area contributed by atoms with E-state index >= 15 is 0 Å². The Balaban J connectivity index is 2.50. The van der Waals surface area contributed by atoms with E-state index in [2.05, 4.69) is 37.0 Å². The van der Waals surface area contributed by atoms with Crippen molar-refractivity contribution in [2.24, 2.45) is 0 Å². The number of halogens is 2. The molecule has 0 saturated heterocycles. The van der Waals surface area contributed by atoms with Gasteiger partial charge >= 0.3 is 5.97 Å². The minimum absolute atomic E-state index is 0.766. The molecule has 2 aromatic rings. The van der Waals surface area contributed by atoms with E-state index in [-0.39, 0.29) is 0 Å². The molecule has 6 heteroatoms.